The van der Waals surface area contributed by atoms with Crippen LogP contribution in [0.25, 0.3) is 10.2 Å². The molecule has 0 spiro atoms. The Bertz CT molecular complexity index is 1010. The summed E-state index contributed by atoms with van der Waals surface area (Å²) < 4.78 is 43.5. The van der Waals surface area contributed by atoms with Gasteiger partial charge in [-0.15, -0.1) is 13.2 Å². The summed E-state index contributed by atoms with van der Waals surface area (Å²) in [5.74, 6) is -0.645. The van der Waals surface area contributed by atoms with E-state index in [2.05, 4.69) is 14.8 Å². The molecule has 3 aromatic rings. The zero-order valence-electron chi connectivity index (χ0n) is 16.3. The summed E-state index contributed by atoms with van der Waals surface area (Å²) in [6.07, 6.45) is -4.77. The van der Waals surface area contributed by atoms with Gasteiger partial charge in [0.25, 0.3) is 5.91 Å². The summed E-state index contributed by atoms with van der Waals surface area (Å²) in [7, 11) is 5.51. The van der Waals surface area contributed by atoms with Gasteiger partial charge in [0.1, 0.15) is 5.75 Å². The maximum atomic E-state index is 13.1. The molecule has 0 saturated carbocycles. The van der Waals surface area contributed by atoms with Gasteiger partial charge in [-0.25, -0.2) is 4.98 Å². The minimum atomic E-state index is -4.77. The van der Waals surface area contributed by atoms with E-state index in [1.807, 2.05) is 25.9 Å². The van der Waals surface area contributed by atoms with Crippen molar-refractivity contribution in [3.63, 3.8) is 0 Å². The molecule has 0 aliphatic heterocycles. The van der Waals surface area contributed by atoms with Crippen molar-refractivity contribution in [2.75, 3.05) is 32.1 Å². The Labute approximate surface area is 169 Å². The monoisotopic (exact) mass is 427 g/mol. The van der Waals surface area contributed by atoms with Crippen molar-refractivity contribution >= 4 is 32.6 Å². The number of rotatable bonds is 6. The molecule has 0 bridgehead atoms. The molecule has 2 heterocycles. The Balaban J connectivity index is 1.96. The first-order chi connectivity index (χ1) is 13.5. The first-order valence-corrected chi connectivity index (χ1v) is 9.49. The number of thiazole rings is 1. The Kier molecular flexibility index (Phi) is 5.80. The Morgan fingerprint density at radius 2 is 1.97 bits per heavy atom. The zero-order valence-corrected chi connectivity index (χ0v) is 17.1. The van der Waals surface area contributed by atoms with E-state index in [4.69, 9.17) is 0 Å². The van der Waals surface area contributed by atoms with Crippen molar-refractivity contribution in [2.45, 2.75) is 13.3 Å². The molecular weight excluding hydrogens is 407 g/mol. The zero-order chi connectivity index (χ0) is 21.3. The lowest BCUT2D eigenvalue weighted by atomic mass is 10.3. The van der Waals surface area contributed by atoms with Crippen LogP contribution in [0, 0.1) is 6.92 Å². The van der Waals surface area contributed by atoms with Crippen molar-refractivity contribution in [2.24, 2.45) is 7.05 Å². The van der Waals surface area contributed by atoms with Crippen LogP contribution in [0.4, 0.5) is 18.3 Å². The van der Waals surface area contributed by atoms with E-state index < -0.39 is 6.36 Å². The van der Waals surface area contributed by atoms with Gasteiger partial charge >= 0.3 is 6.36 Å². The number of carbonyl (C=O) groups is 1. The number of benzene rings is 1. The van der Waals surface area contributed by atoms with Gasteiger partial charge in [-0.3, -0.25) is 14.4 Å². The minimum Gasteiger partial charge on any atom is -0.406 e. The maximum absolute atomic E-state index is 13.1. The summed E-state index contributed by atoms with van der Waals surface area (Å²) in [6, 6.07) is 5.60. The van der Waals surface area contributed by atoms with Crippen molar-refractivity contribution in [3.8, 4) is 5.75 Å². The molecule has 29 heavy (non-hydrogen) atoms. The van der Waals surface area contributed by atoms with E-state index in [1.165, 1.54) is 23.1 Å². The second kappa shape index (κ2) is 7.99. The quantitative estimate of drug-likeness (QED) is 0.603. The number of hydrogen-bond acceptors (Lipinski definition) is 6. The number of carbonyl (C=O) groups excluding carboxylic acids is 1. The molecule has 0 fully saturated rings. The molecule has 1 amide bonds. The van der Waals surface area contributed by atoms with Crippen LogP contribution in [0.2, 0.25) is 0 Å². The van der Waals surface area contributed by atoms with Crippen LogP contribution in [0.3, 0.4) is 0 Å². The number of halogens is 3. The maximum Gasteiger partial charge on any atom is 0.573 e. The van der Waals surface area contributed by atoms with Crippen LogP contribution in [-0.2, 0) is 7.05 Å². The van der Waals surface area contributed by atoms with Gasteiger partial charge in [-0.05, 0) is 39.2 Å². The number of anilines is 1. The number of aryl methyl sites for hydroxylation is 2. The molecule has 0 aliphatic carbocycles. The van der Waals surface area contributed by atoms with Crippen molar-refractivity contribution in [1.29, 1.82) is 0 Å². The second-order valence-corrected chi connectivity index (χ2v) is 7.74. The smallest absolute Gasteiger partial charge is 0.406 e. The molecule has 0 saturated heterocycles. The standard InChI is InChI=1S/C18H20F3N5O2S/c1-11-9-14(23-25(11)4)16(27)26(8-7-24(2)3)17-22-13-6-5-12(10-15(13)29-17)28-18(19,20)21/h5-6,9-10H,7-8H2,1-4H3. The number of amides is 1. The Hall–Kier alpha value is -2.66. The Morgan fingerprint density at radius 3 is 2.55 bits per heavy atom. The van der Waals surface area contributed by atoms with Crippen LogP contribution in [-0.4, -0.2) is 59.1 Å². The van der Waals surface area contributed by atoms with Gasteiger partial charge in [-0.1, -0.05) is 11.3 Å². The fraction of sp³-hybridized carbons (Fsp3) is 0.389. The molecule has 0 radical (unpaired) electrons. The number of ether oxygens (including phenoxy) is 1. The highest BCUT2D eigenvalue weighted by atomic mass is 32.1. The van der Waals surface area contributed by atoms with Crippen molar-refractivity contribution < 1.29 is 22.7 Å². The lowest BCUT2D eigenvalue weighted by molar-refractivity contribution is -0.274. The number of alkyl halides is 3. The van der Waals surface area contributed by atoms with Gasteiger partial charge in [0.2, 0.25) is 0 Å². The van der Waals surface area contributed by atoms with E-state index in [9.17, 15) is 18.0 Å². The van der Waals surface area contributed by atoms with Crippen LogP contribution in [0.15, 0.2) is 24.3 Å². The van der Waals surface area contributed by atoms with Gasteiger partial charge in [-0.2, -0.15) is 5.10 Å². The predicted octanol–water partition coefficient (Wildman–Crippen LogP) is 3.45. The fourth-order valence-corrected chi connectivity index (χ4v) is 3.61. The molecule has 0 aliphatic rings. The normalized spacial score (nSPS) is 12.0. The average molecular weight is 427 g/mol. The van der Waals surface area contributed by atoms with Gasteiger partial charge in [0, 0.05) is 31.9 Å². The third kappa shape index (κ3) is 5.04. The summed E-state index contributed by atoms with van der Waals surface area (Å²) in [4.78, 5) is 20.9. The van der Waals surface area contributed by atoms with Gasteiger partial charge in [0.15, 0.2) is 10.8 Å². The molecule has 7 nitrogen and oxygen atoms in total. The summed E-state index contributed by atoms with van der Waals surface area (Å²) in [5.41, 5.74) is 1.60. The highest BCUT2D eigenvalue weighted by Gasteiger charge is 2.31. The molecule has 2 aromatic heterocycles. The molecular formula is C18H20F3N5O2S. The lowest BCUT2D eigenvalue weighted by Crippen LogP contribution is -2.37. The minimum absolute atomic E-state index is 0.282. The van der Waals surface area contributed by atoms with Crippen LogP contribution in [0.5, 0.6) is 5.75 Å². The van der Waals surface area contributed by atoms with Crippen molar-refractivity contribution in [1.82, 2.24) is 19.7 Å². The number of likely N-dealkylation sites (N-methyl/N-ethyl adjacent to an activating group) is 1. The number of nitrogens with zero attached hydrogens (tertiary/aromatic N) is 5. The lowest BCUT2D eigenvalue weighted by Gasteiger charge is -2.21. The van der Waals surface area contributed by atoms with Crippen molar-refractivity contribution in [3.05, 3.63) is 35.7 Å². The SMILES string of the molecule is Cc1cc(C(=O)N(CCN(C)C)c2nc3ccc(OC(F)(F)F)cc3s2)nn1C. The summed E-state index contributed by atoms with van der Waals surface area (Å²) in [6.45, 7) is 2.77. The van der Waals surface area contributed by atoms with E-state index in [0.717, 1.165) is 17.0 Å². The molecule has 156 valence electrons. The third-order valence-corrected chi connectivity index (χ3v) is 5.20. The summed E-state index contributed by atoms with van der Waals surface area (Å²) in [5, 5.41) is 4.62. The van der Waals surface area contributed by atoms with Crippen LogP contribution in [0.1, 0.15) is 16.2 Å². The number of hydrogen-bond donors (Lipinski definition) is 0. The first-order valence-electron chi connectivity index (χ1n) is 8.67. The molecule has 0 unspecified atom stereocenters. The fourth-order valence-electron chi connectivity index (χ4n) is 2.59. The highest BCUT2D eigenvalue weighted by Crippen LogP contribution is 2.33. The first kappa shape index (κ1) is 21.1. The molecule has 1 aromatic carbocycles. The Morgan fingerprint density at radius 1 is 1.24 bits per heavy atom. The number of aromatic nitrogens is 3. The highest BCUT2D eigenvalue weighted by molar-refractivity contribution is 7.22. The number of fused-ring (bicyclic) bond motifs is 1. The van der Waals surface area contributed by atoms with Gasteiger partial charge in [0.05, 0.1) is 10.2 Å². The van der Waals surface area contributed by atoms with Gasteiger partial charge < -0.3 is 9.64 Å². The predicted molar refractivity (Wildman–Crippen MR) is 104 cm³/mol. The average Bonchev–Trinajstić information content (AvgIpc) is 3.16. The van der Waals surface area contributed by atoms with E-state index in [-0.39, 0.29) is 17.4 Å². The molecule has 0 atom stereocenters. The van der Waals surface area contributed by atoms with Crippen LogP contribution < -0.4 is 9.64 Å². The molecule has 11 heteroatoms. The summed E-state index contributed by atoms with van der Waals surface area (Å²) >= 11 is 1.12. The van der Waals surface area contributed by atoms with E-state index >= 15 is 0 Å². The third-order valence-electron chi connectivity index (χ3n) is 4.16. The topological polar surface area (TPSA) is 63.5 Å². The van der Waals surface area contributed by atoms with Crippen LogP contribution >= 0.6 is 11.3 Å². The largest absolute Gasteiger partial charge is 0.573 e. The van der Waals surface area contributed by atoms with E-state index in [1.54, 1.807) is 17.8 Å². The molecule has 0 N–H and O–H groups in total. The molecule has 3 rings (SSSR count). The second-order valence-electron chi connectivity index (χ2n) is 6.73. The van der Waals surface area contributed by atoms with E-state index in [0.29, 0.717) is 28.4 Å².